The summed E-state index contributed by atoms with van der Waals surface area (Å²) in [7, 11) is 0. The monoisotopic (exact) mass is 199 g/mol. The lowest BCUT2D eigenvalue weighted by Gasteiger charge is -1.99. The Balaban J connectivity index is 2.87. The predicted octanol–water partition coefficient (Wildman–Crippen LogP) is 4.23. The standard InChI is InChI=1S/C11H21NS/c1-2-3-4-5-6-7-8-9-10-12-11-13/h2-10H2,1H3. The van der Waals surface area contributed by atoms with Gasteiger partial charge in [0.15, 0.2) is 0 Å². The van der Waals surface area contributed by atoms with Crippen LogP contribution in [0.4, 0.5) is 0 Å². The van der Waals surface area contributed by atoms with E-state index >= 15 is 0 Å². The van der Waals surface area contributed by atoms with Crippen molar-refractivity contribution in [1.29, 1.82) is 0 Å². The average molecular weight is 199 g/mol. The fourth-order valence-electron chi connectivity index (χ4n) is 1.37. The molecular formula is C11H21NS. The molecule has 0 aromatic rings. The van der Waals surface area contributed by atoms with Gasteiger partial charge in [-0.3, -0.25) is 0 Å². The highest BCUT2D eigenvalue weighted by atomic mass is 32.1. The molecule has 1 nitrogen and oxygen atoms in total. The van der Waals surface area contributed by atoms with E-state index in [9.17, 15) is 0 Å². The van der Waals surface area contributed by atoms with Crippen molar-refractivity contribution in [3.05, 3.63) is 0 Å². The number of thiocarbonyl (C=S) groups is 1. The van der Waals surface area contributed by atoms with Gasteiger partial charge < -0.3 is 0 Å². The van der Waals surface area contributed by atoms with Gasteiger partial charge in [-0.15, -0.1) is 0 Å². The zero-order valence-electron chi connectivity index (χ0n) is 8.72. The van der Waals surface area contributed by atoms with Crippen molar-refractivity contribution in [2.75, 3.05) is 6.54 Å². The summed E-state index contributed by atoms with van der Waals surface area (Å²) in [5.74, 6) is 0. The van der Waals surface area contributed by atoms with Gasteiger partial charge in [0.25, 0.3) is 0 Å². The van der Waals surface area contributed by atoms with E-state index in [0.29, 0.717) is 0 Å². The smallest absolute Gasteiger partial charge is 0.0584 e. The highest BCUT2D eigenvalue weighted by Gasteiger charge is 1.90. The maximum atomic E-state index is 4.48. The Morgan fingerprint density at radius 1 is 0.923 bits per heavy atom. The van der Waals surface area contributed by atoms with Crippen molar-refractivity contribution in [1.82, 2.24) is 0 Å². The Kier molecular flexibility index (Phi) is 11.6. The summed E-state index contributed by atoms with van der Waals surface area (Å²) in [5.41, 5.74) is 0. The first-order valence-corrected chi connectivity index (χ1v) is 5.86. The van der Waals surface area contributed by atoms with Gasteiger partial charge in [0.2, 0.25) is 0 Å². The van der Waals surface area contributed by atoms with Gasteiger partial charge >= 0.3 is 0 Å². The third kappa shape index (κ3) is 11.8. The van der Waals surface area contributed by atoms with E-state index < -0.39 is 0 Å². The lowest BCUT2D eigenvalue weighted by Crippen LogP contribution is -1.83. The van der Waals surface area contributed by atoms with Crippen LogP contribution in [0.15, 0.2) is 4.99 Å². The molecule has 0 bridgehead atoms. The van der Waals surface area contributed by atoms with Gasteiger partial charge in [-0.1, -0.05) is 51.9 Å². The summed E-state index contributed by atoms with van der Waals surface area (Å²) in [4.78, 5) is 3.88. The molecule has 0 radical (unpaired) electrons. The molecule has 0 amide bonds. The van der Waals surface area contributed by atoms with Crippen LogP contribution >= 0.6 is 12.2 Å². The van der Waals surface area contributed by atoms with Crippen LogP contribution in [0.3, 0.4) is 0 Å². The Bertz CT molecular complexity index is 139. The second kappa shape index (κ2) is 11.8. The molecule has 0 aliphatic heterocycles. The van der Waals surface area contributed by atoms with Gasteiger partial charge in [-0.2, -0.15) is 0 Å². The molecule has 0 N–H and O–H groups in total. The van der Waals surface area contributed by atoms with Crippen molar-refractivity contribution in [3.63, 3.8) is 0 Å². The first-order valence-electron chi connectivity index (χ1n) is 5.45. The maximum absolute atomic E-state index is 4.48. The predicted molar refractivity (Wildman–Crippen MR) is 62.5 cm³/mol. The van der Waals surface area contributed by atoms with Crippen LogP contribution in [0.25, 0.3) is 0 Å². The van der Waals surface area contributed by atoms with Crippen LogP contribution in [0.5, 0.6) is 0 Å². The number of unbranched alkanes of at least 4 members (excludes halogenated alkanes) is 7. The molecule has 0 heterocycles. The molecule has 2 heteroatoms. The molecule has 13 heavy (non-hydrogen) atoms. The molecular weight excluding hydrogens is 178 g/mol. The van der Waals surface area contributed by atoms with E-state index in [2.05, 4.69) is 29.3 Å². The lowest BCUT2D eigenvalue weighted by molar-refractivity contribution is 0.579. The summed E-state index contributed by atoms with van der Waals surface area (Å²) in [5, 5.41) is 2.39. The molecule has 0 aromatic carbocycles. The molecule has 0 fully saturated rings. The van der Waals surface area contributed by atoms with Gasteiger partial charge in [0.05, 0.1) is 5.16 Å². The highest BCUT2D eigenvalue weighted by Crippen LogP contribution is 2.07. The third-order valence-corrected chi connectivity index (χ3v) is 2.32. The fraction of sp³-hybridized carbons (Fsp3) is 0.909. The second-order valence-corrected chi connectivity index (χ2v) is 3.63. The summed E-state index contributed by atoms with van der Waals surface area (Å²) in [6.07, 6.45) is 10.8. The normalized spacial score (nSPS) is 9.62. The molecule has 76 valence electrons. The molecule has 0 spiro atoms. The summed E-state index contributed by atoms with van der Waals surface area (Å²) >= 11 is 4.48. The van der Waals surface area contributed by atoms with Crippen molar-refractivity contribution >= 4 is 17.4 Å². The number of isothiocyanates is 1. The van der Waals surface area contributed by atoms with E-state index in [1.165, 1.54) is 51.4 Å². The van der Waals surface area contributed by atoms with Crippen LogP contribution in [-0.2, 0) is 0 Å². The Labute approximate surface area is 87.6 Å². The number of hydrogen-bond donors (Lipinski definition) is 0. The number of rotatable bonds is 9. The first-order chi connectivity index (χ1) is 6.41. The van der Waals surface area contributed by atoms with Crippen LogP contribution in [-0.4, -0.2) is 11.7 Å². The second-order valence-electron chi connectivity index (χ2n) is 3.45. The molecule has 0 aromatic heterocycles. The lowest BCUT2D eigenvalue weighted by atomic mass is 10.1. The highest BCUT2D eigenvalue weighted by molar-refractivity contribution is 7.78. The fourth-order valence-corrected chi connectivity index (χ4v) is 1.46. The molecule has 0 unspecified atom stereocenters. The maximum Gasteiger partial charge on any atom is 0.0584 e. The summed E-state index contributed by atoms with van der Waals surface area (Å²) < 4.78 is 0. The topological polar surface area (TPSA) is 12.4 Å². The van der Waals surface area contributed by atoms with Crippen molar-refractivity contribution in [2.24, 2.45) is 4.99 Å². The van der Waals surface area contributed by atoms with E-state index in [0.717, 1.165) is 6.54 Å². The van der Waals surface area contributed by atoms with E-state index in [1.54, 1.807) is 0 Å². The average Bonchev–Trinajstić information content (AvgIpc) is 2.16. The van der Waals surface area contributed by atoms with Gasteiger partial charge in [0.1, 0.15) is 0 Å². The first kappa shape index (κ1) is 12.8. The van der Waals surface area contributed by atoms with Crippen LogP contribution < -0.4 is 0 Å². The quantitative estimate of drug-likeness (QED) is 0.307. The summed E-state index contributed by atoms with van der Waals surface area (Å²) in [6, 6.07) is 0. The minimum Gasteiger partial charge on any atom is -0.233 e. The van der Waals surface area contributed by atoms with Crippen LogP contribution in [0, 0.1) is 0 Å². The van der Waals surface area contributed by atoms with Gasteiger partial charge in [0, 0.05) is 6.54 Å². The molecule has 0 saturated heterocycles. The minimum absolute atomic E-state index is 0.873. The number of hydrogen-bond acceptors (Lipinski definition) is 2. The summed E-state index contributed by atoms with van der Waals surface area (Å²) in [6.45, 7) is 3.13. The van der Waals surface area contributed by atoms with Gasteiger partial charge in [-0.05, 0) is 18.6 Å². The largest absolute Gasteiger partial charge is 0.233 e. The molecule has 0 rings (SSSR count). The van der Waals surface area contributed by atoms with Crippen molar-refractivity contribution in [3.8, 4) is 0 Å². The molecule has 0 atom stereocenters. The van der Waals surface area contributed by atoms with E-state index in [1.807, 2.05) is 0 Å². The Morgan fingerprint density at radius 3 is 2.00 bits per heavy atom. The van der Waals surface area contributed by atoms with Crippen molar-refractivity contribution in [2.45, 2.75) is 58.3 Å². The zero-order valence-corrected chi connectivity index (χ0v) is 9.54. The van der Waals surface area contributed by atoms with Crippen LogP contribution in [0.1, 0.15) is 58.3 Å². The minimum atomic E-state index is 0.873. The number of nitrogens with zero attached hydrogens (tertiary/aromatic N) is 1. The Morgan fingerprint density at radius 2 is 1.46 bits per heavy atom. The van der Waals surface area contributed by atoms with E-state index in [-0.39, 0.29) is 0 Å². The number of aliphatic imine (C=N–C) groups is 1. The van der Waals surface area contributed by atoms with Crippen molar-refractivity contribution < 1.29 is 0 Å². The molecule has 0 saturated carbocycles. The molecule has 0 aliphatic rings. The third-order valence-electron chi connectivity index (χ3n) is 2.19. The zero-order chi connectivity index (χ0) is 9.78. The SMILES string of the molecule is CCCCCCCCCCN=C=S. The van der Waals surface area contributed by atoms with Crippen LogP contribution in [0.2, 0.25) is 0 Å². The van der Waals surface area contributed by atoms with E-state index in [4.69, 9.17) is 0 Å². The van der Waals surface area contributed by atoms with Gasteiger partial charge in [-0.25, -0.2) is 4.99 Å². The Hall–Kier alpha value is -0.200. The molecule has 0 aliphatic carbocycles.